The number of methoxy groups -OCH3 is 1. The second-order valence-corrected chi connectivity index (χ2v) is 5.68. The molecule has 1 saturated carbocycles. The number of furan rings is 1. The molecule has 1 aliphatic rings. The summed E-state index contributed by atoms with van der Waals surface area (Å²) in [5.41, 5.74) is 6.14. The Hall–Kier alpha value is -1.80. The molecule has 7 nitrogen and oxygen atoms in total. The van der Waals surface area contributed by atoms with E-state index in [0.717, 1.165) is 23.8 Å². The monoisotopic (exact) mass is 308 g/mol. The number of nitrogens with two attached hydrogens (primary N) is 1. The lowest BCUT2D eigenvalue weighted by molar-refractivity contribution is 0.0598. The smallest absolute Gasteiger partial charge is 0.341 e. The molecule has 21 heavy (non-hydrogen) atoms. The number of thioether (sulfide) groups is 1. The first-order chi connectivity index (χ1) is 10.2. The van der Waals surface area contributed by atoms with Crippen molar-refractivity contribution in [2.45, 2.75) is 36.3 Å². The van der Waals surface area contributed by atoms with E-state index in [1.807, 2.05) is 0 Å². The van der Waals surface area contributed by atoms with Gasteiger partial charge in [0.25, 0.3) is 0 Å². The maximum absolute atomic E-state index is 11.6. The minimum atomic E-state index is -0.398. The van der Waals surface area contributed by atoms with Crippen molar-refractivity contribution in [2.75, 3.05) is 7.11 Å². The standard InChI is InChI=1S/C13H16N4O3S/c1-19-12(18)9-4-5-20-10(9)7-21-13-16-15-11(6-14)17(13)8-2-3-8/h4-5,8H,2-3,6-7,14H2,1H3. The van der Waals surface area contributed by atoms with Crippen molar-refractivity contribution in [1.82, 2.24) is 14.8 Å². The third-order valence-electron chi connectivity index (χ3n) is 3.31. The summed E-state index contributed by atoms with van der Waals surface area (Å²) in [4.78, 5) is 11.6. The Labute approximate surface area is 125 Å². The minimum Gasteiger partial charge on any atom is -0.468 e. The van der Waals surface area contributed by atoms with Gasteiger partial charge in [0, 0.05) is 6.04 Å². The van der Waals surface area contributed by atoms with Crippen LogP contribution >= 0.6 is 11.8 Å². The summed E-state index contributed by atoms with van der Waals surface area (Å²) in [6.07, 6.45) is 3.75. The lowest BCUT2D eigenvalue weighted by Gasteiger charge is -2.07. The van der Waals surface area contributed by atoms with Crippen LogP contribution in [0.25, 0.3) is 0 Å². The number of aromatic nitrogens is 3. The molecule has 0 radical (unpaired) electrons. The molecule has 0 bridgehead atoms. The molecular formula is C13H16N4O3S. The topological polar surface area (TPSA) is 96.2 Å². The van der Waals surface area contributed by atoms with Crippen molar-refractivity contribution in [2.24, 2.45) is 5.73 Å². The van der Waals surface area contributed by atoms with Crippen molar-refractivity contribution < 1.29 is 13.9 Å². The highest BCUT2D eigenvalue weighted by Crippen LogP contribution is 2.39. The number of hydrogen-bond acceptors (Lipinski definition) is 7. The molecule has 0 saturated heterocycles. The quantitative estimate of drug-likeness (QED) is 0.641. The maximum Gasteiger partial charge on any atom is 0.341 e. The summed E-state index contributed by atoms with van der Waals surface area (Å²) in [6, 6.07) is 2.07. The first-order valence-electron chi connectivity index (χ1n) is 6.66. The molecule has 2 aromatic heterocycles. The van der Waals surface area contributed by atoms with Crippen LogP contribution in [-0.4, -0.2) is 27.8 Å². The van der Waals surface area contributed by atoms with E-state index >= 15 is 0 Å². The van der Waals surface area contributed by atoms with Crippen LogP contribution in [0.1, 0.15) is 40.8 Å². The highest BCUT2D eigenvalue weighted by atomic mass is 32.2. The number of carbonyl (C=O) groups excluding carboxylic acids is 1. The molecule has 112 valence electrons. The van der Waals surface area contributed by atoms with Gasteiger partial charge in [0.05, 0.1) is 25.7 Å². The largest absolute Gasteiger partial charge is 0.468 e. The fourth-order valence-corrected chi connectivity index (χ4v) is 3.09. The summed E-state index contributed by atoms with van der Waals surface area (Å²) in [5, 5.41) is 9.11. The maximum atomic E-state index is 11.6. The molecule has 0 atom stereocenters. The number of hydrogen-bond donors (Lipinski definition) is 1. The molecule has 8 heteroatoms. The van der Waals surface area contributed by atoms with E-state index in [1.54, 1.807) is 6.07 Å². The molecule has 2 N–H and O–H groups in total. The zero-order valence-electron chi connectivity index (χ0n) is 11.6. The molecule has 0 spiro atoms. The van der Waals surface area contributed by atoms with Crippen LogP contribution in [0, 0.1) is 0 Å². The zero-order valence-corrected chi connectivity index (χ0v) is 12.4. The third-order valence-corrected chi connectivity index (χ3v) is 4.26. The summed E-state index contributed by atoms with van der Waals surface area (Å²) in [7, 11) is 1.35. The molecule has 2 aromatic rings. The first-order valence-corrected chi connectivity index (χ1v) is 7.64. The van der Waals surface area contributed by atoms with Crippen molar-refractivity contribution in [3.05, 3.63) is 29.5 Å². The molecular weight excluding hydrogens is 292 g/mol. The van der Waals surface area contributed by atoms with Crippen LogP contribution < -0.4 is 5.73 Å². The summed E-state index contributed by atoms with van der Waals surface area (Å²) in [6.45, 7) is 0.373. The van der Waals surface area contributed by atoms with Gasteiger partial charge in [-0.2, -0.15) is 0 Å². The van der Waals surface area contributed by atoms with Crippen molar-refractivity contribution >= 4 is 17.7 Å². The van der Waals surface area contributed by atoms with Gasteiger partial charge in [0.15, 0.2) is 5.16 Å². The van der Waals surface area contributed by atoms with Gasteiger partial charge in [-0.05, 0) is 18.9 Å². The number of carbonyl (C=O) groups is 1. The highest BCUT2D eigenvalue weighted by molar-refractivity contribution is 7.98. The predicted molar refractivity (Wildman–Crippen MR) is 75.8 cm³/mol. The lowest BCUT2D eigenvalue weighted by Crippen LogP contribution is -2.08. The molecule has 0 aliphatic heterocycles. The van der Waals surface area contributed by atoms with E-state index < -0.39 is 5.97 Å². The van der Waals surface area contributed by atoms with Gasteiger partial charge >= 0.3 is 5.97 Å². The Balaban J connectivity index is 1.75. The fourth-order valence-electron chi connectivity index (χ4n) is 2.12. The average Bonchev–Trinajstić information content (AvgIpc) is 3.09. The van der Waals surface area contributed by atoms with E-state index in [9.17, 15) is 4.79 Å². The van der Waals surface area contributed by atoms with Gasteiger partial charge in [0.1, 0.15) is 17.1 Å². The SMILES string of the molecule is COC(=O)c1ccoc1CSc1nnc(CN)n1C1CC1. The summed E-state index contributed by atoms with van der Waals surface area (Å²) in [5.74, 6) is 1.47. The molecule has 1 fully saturated rings. The third kappa shape index (κ3) is 2.81. The van der Waals surface area contributed by atoms with Crippen LogP contribution in [0.3, 0.4) is 0 Å². The normalized spacial score (nSPS) is 14.4. The van der Waals surface area contributed by atoms with E-state index in [-0.39, 0.29) is 0 Å². The molecule has 0 aromatic carbocycles. The predicted octanol–water partition coefficient (Wildman–Crippen LogP) is 1.74. The molecule has 1 aliphatic carbocycles. The van der Waals surface area contributed by atoms with E-state index in [1.165, 1.54) is 25.1 Å². The van der Waals surface area contributed by atoms with Gasteiger partial charge in [0.2, 0.25) is 0 Å². The highest BCUT2D eigenvalue weighted by Gasteiger charge is 2.29. The number of ether oxygens (including phenoxy) is 1. The van der Waals surface area contributed by atoms with Gasteiger partial charge < -0.3 is 19.5 Å². The zero-order chi connectivity index (χ0) is 14.8. The fraction of sp³-hybridized carbons (Fsp3) is 0.462. The van der Waals surface area contributed by atoms with Gasteiger partial charge in [-0.25, -0.2) is 4.79 Å². The Bertz CT molecular complexity index is 648. The Morgan fingerprint density at radius 1 is 1.57 bits per heavy atom. The summed E-state index contributed by atoms with van der Waals surface area (Å²) < 4.78 is 12.2. The molecule has 3 rings (SSSR count). The lowest BCUT2D eigenvalue weighted by atomic mass is 10.3. The second kappa shape index (κ2) is 5.90. The van der Waals surface area contributed by atoms with Crippen LogP contribution in [0.4, 0.5) is 0 Å². The van der Waals surface area contributed by atoms with E-state index in [4.69, 9.17) is 14.9 Å². The Kier molecular flexibility index (Phi) is 3.98. The van der Waals surface area contributed by atoms with Gasteiger partial charge in [-0.15, -0.1) is 10.2 Å². The number of nitrogens with zero attached hydrogens (tertiary/aromatic N) is 3. The Morgan fingerprint density at radius 3 is 3.05 bits per heavy atom. The molecule has 0 amide bonds. The van der Waals surface area contributed by atoms with Crippen molar-refractivity contribution in [1.29, 1.82) is 0 Å². The van der Waals surface area contributed by atoms with Crippen molar-refractivity contribution in [3.63, 3.8) is 0 Å². The second-order valence-electron chi connectivity index (χ2n) is 4.74. The summed E-state index contributed by atoms with van der Waals surface area (Å²) >= 11 is 1.48. The van der Waals surface area contributed by atoms with Gasteiger partial charge in [-0.1, -0.05) is 11.8 Å². The van der Waals surface area contributed by atoms with Crippen LogP contribution in [-0.2, 0) is 17.0 Å². The van der Waals surface area contributed by atoms with E-state index in [0.29, 0.717) is 29.7 Å². The number of esters is 1. The van der Waals surface area contributed by atoms with Crippen LogP contribution in [0.5, 0.6) is 0 Å². The van der Waals surface area contributed by atoms with Crippen LogP contribution in [0.15, 0.2) is 21.9 Å². The average molecular weight is 308 g/mol. The van der Waals surface area contributed by atoms with Crippen molar-refractivity contribution in [3.8, 4) is 0 Å². The Morgan fingerprint density at radius 2 is 2.38 bits per heavy atom. The van der Waals surface area contributed by atoms with Crippen LogP contribution in [0.2, 0.25) is 0 Å². The molecule has 0 unspecified atom stereocenters. The molecule has 2 heterocycles. The first kappa shape index (κ1) is 14.2. The minimum absolute atomic E-state index is 0.373. The van der Waals surface area contributed by atoms with Gasteiger partial charge in [-0.3, -0.25) is 0 Å². The van der Waals surface area contributed by atoms with E-state index in [2.05, 4.69) is 14.8 Å². The number of rotatable bonds is 6.